The molecule has 24 heavy (non-hydrogen) atoms. The first kappa shape index (κ1) is 16.4. The Labute approximate surface area is 143 Å². The number of rotatable bonds is 3. The molecule has 0 radical (unpaired) electrons. The van der Waals surface area contributed by atoms with Gasteiger partial charge in [-0.3, -0.25) is 4.79 Å². The van der Waals surface area contributed by atoms with Crippen LogP contribution in [-0.2, 0) is 0 Å². The van der Waals surface area contributed by atoms with E-state index < -0.39 is 5.60 Å². The highest BCUT2D eigenvalue weighted by molar-refractivity contribution is 6.07. The standard InChI is InChI=1S/C20H23NO3/c1-14(2)23-16-11-9-15(10-12-16)19(22)21-13-20(3,4)24-18-8-6-5-7-17(18)21/h5-12,14H,13H2,1-4H3. The van der Waals surface area contributed by atoms with Gasteiger partial charge in [0.15, 0.2) is 0 Å². The number of nitrogens with zero attached hydrogens (tertiary/aromatic N) is 1. The predicted molar refractivity (Wildman–Crippen MR) is 95.0 cm³/mol. The minimum atomic E-state index is -0.426. The van der Waals surface area contributed by atoms with E-state index in [2.05, 4.69) is 0 Å². The molecule has 0 aromatic heterocycles. The van der Waals surface area contributed by atoms with Gasteiger partial charge in [-0.05, 0) is 64.1 Å². The van der Waals surface area contributed by atoms with Gasteiger partial charge in [-0.2, -0.15) is 0 Å². The second-order valence-corrected chi connectivity index (χ2v) is 6.91. The monoisotopic (exact) mass is 325 g/mol. The lowest BCUT2D eigenvalue weighted by Crippen LogP contribution is -2.49. The highest BCUT2D eigenvalue weighted by Gasteiger charge is 2.35. The van der Waals surface area contributed by atoms with E-state index >= 15 is 0 Å². The van der Waals surface area contributed by atoms with E-state index in [1.54, 1.807) is 4.90 Å². The number of hydrogen-bond acceptors (Lipinski definition) is 3. The second-order valence-electron chi connectivity index (χ2n) is 6.91. The topological polar surface area (TPSA) is 38.8 Å². The molecule has 2 aromatic carbocycles. The summed E-state index contributed by atoms with van der Waals surface area (Å²) < 4.78 is 11.6. The summed E-state index contributed by atoms with van der Waals surface area (Å²) in [6.07, 6.45) is 0.110. The molecule has 0 spiro atoms. The predicted octanol–water partition coefficient (Wildman–Crippen LogP) is 4.29. The lowest BCUT2D eigenvalue weighted by molar-refractivity contribution is 0.0837. The molecule has 4 heteroatoms. The molecular weight excluding hydrogens is 302 g/mol. The molecule has 0 saturated carbocycles. The maximum absolute atomic E-state index is 13.0. The van der Waals surface area contributed by atoms with Gasteiger partial charge in [0, 0.05) is 5.56 Å². The highest BCUT2D eigenvalue weighted by atomic mass is 16.5. The lowest BCUT2D eigenvalue weighted by Gasteiger charge is -2.39. The van der Waals surface area contributed by atoms with Crippen LogP contribution in [0.15, 0.2) is 48.5 Å². The molecule has 0 atom stereocenters. The fourth-order valence-electron chi connectivity index (χ4n) is 2.85. The molecule has 1 amide bonds. The minimum absolute atomic E-state index is 0.0325. The van der Waals surface area contributed by atoms with E-state index in [0.29, 0.717) is 12.1 Å². The van der Waals surface area contributed by atoms with E-state index in [1.165, 1.54) is 0 Å². The van der Waals surface area contributed by atoms with Crippen molar-refractivity contribution in [1.29, 1.82) is 0 Å². The second kappa shape index (κ2) is 6.19. The zero-order valence-electron chi connectivity index (χ0n) is 14.6. The smallest absolute Gasteiger partial charge is 0.258 e. The molecule has 4 nitrogen and oxygen atoms in total. The van der Waals surface area contributed by atoms with Crippen molar-refractivity contribution in [2.75, 3.05) is 11.4 Å². The van der Waals surface area contributed by atoms with Crippen molar-refractivity contribution in [3.05, 3.63) is 54.1 Å². The number of carbonyl (C=O) groups is 1. The van der Waals surface area contributed by atoms with Gasteiger partial charge in [0.2, 0.25) is 0 Å². The van der Waals surface area contributed by atoms with Gasteiger partial charge in [0.1, 0.15) is 17.1 Å². The number of para-hydroxylation sites is 2. The Hall–Kier alpha value is -2.49. The number of carbonyl (C=O) groups excluding carboxylic acids is 1. The summed E-state index contributed by atoms with van der Waals surface area (Å²) in [7, 11) is 0. The largest absolute Gasteiger partial charge is 0.491 e. The number of anilines is 1. The zero-order chi connectivity index (χ0) is 17.3. The van der Waals surface area contributed by atoms with Gasteiger partial charge < -0.3 is 14.4 Å². The fraction of sp³-hybridized carbons (Fsp3) is 0.350. The molecule has 0 unspecified atom stereocenters. The van der Waals surface area contributed by atoms with E-state index in [4.69, 9.17) is 9.47 Å². The Kier molecular flexibility index (Phi) is 4.22. The zero-order valence-corrected chi connectivity index (χ0v) is 14.6. The van der Waals surface area contributed by atoms with Crippen LogP contribution in [0.3, 0.4) is 0 Å². The Morgan fingerprint density at radius 3 is 2.46 bits per heavy atom. The van der Waals surface area contributed by atoms with E-state index in [-0.39, 0.29) is 12.0 Å². The van der Waals surface area contributed by atoms with E-state index in [1.807, 2.05) is 76.2 Å². The van der Waals surface area contributed by atoms with Crippen LogP contribution in [-0.4, -0.2) is 24.2 Å². The summed E-state index contributed by atoms with van der Waals surface area (Å²) >= 11 is 0. The third-order valence-electron chi connectivity index (χ3n) is 3.80. The Balaban J connectivity index is 1.89. The summed E-state index contributed by atoms with van der Waals surface area (Å²) in [4.78, 5) is 14.8. The first-order valence-corrected chi connectivity index (χ1v) is 8.22. The van der Waals surface area contributed by atoms with Crippen molar-refractivity contribution in [1.82, 2.24) is 0 Å². The van der Waals surface area contributed by atoms with Crippen LogP contribution in [0.2, 0.25) is 0 Å². The Morgan fingerprint density at radius 2 is 1.79 bits per heavy atom. The molecule has 0 fully saturated rings. The molecule has 2 aromatic rings. The van der Waals surface area contributed by atoms with Crippen molar-refractivity contribution in [2.24, 2.45) is 0 Å². The first-order valence-electron chi connectivity index (χ1n) is 8.22. The third-order valence-corrected chi connectivity index (χ3v) is 3.80. The number of ether oxygens (including phenoxy) is 2. The minimum Gasteiger partial charge on any atom is -0.491 e. The van der Waals surface area contributed by atoms with Crippen LogP contribution >= 0.6 is 0 Å². The van der Waals surface area contributed by atoms with E-state index in [0.717, 1.165) is 17.2 Å². The van der Waals surface area contributed by atoms with Crippen molar-refractivity contribution >= 4 is 11.6 Å². The molecule has 0 aliphatic carbocycles. The van der Waals surface area contributed by atoms with Crippen LogP contribution in [0.25, 0.3) is 0 Å². The molecule has 1 aliphatic heterocycles. The van der Waals surface area contributed by atoms with E-state index in [9.17, 15) is 4.79 Å². The summed E-state index contributed by atoms with van der Waals surface area (Å²) in [5, 5.41) is 0. The van der Waals surface area contributed by atoms with Crippen molar-refractivity contribution in [3.63, 3.8) is 0 Å². The van der Waals surface area contributed by atoms with Crippen LogP contribution < -0.4 is 14.4 Å². The Bertz CT molecular complexity index is 735. The summed E-state index contributed by atoms with van der Waals surface area (Å²) in [6, 6.07) is 14.9. The Morgan fingerprint density at radius 1 is 1.12 bits per heavy atom. The number of hydrogen-bond donors (Lipinski definition) is 0. The van der Waals surface area contributed by atoms with Gasteiger partial charge >= 0.3 is 0 Å². The maximum atomic E-state index is 13.0. The summed E-state index contributed by atoms with van der Waals surface area (Å²) in [5.41, 5.74) is 1.02. The molecule has 1 aliphatic rings. The summed E-state index contributed by atoms with van der Waals surface area (Å²) in [6.45, 7) is 8.44. The normalized spacial score (nSPS) is 15.6. The van der Waals surface area contributed by atoms with Gasteiger partial charge in [-0.1, -0.05) is 12.1 Å². The van der Waals surface area contributed by atoms with Gasteiger partial charge in [-0.15, -0.1) is 0 Å². The quantitative estimate of drug-likeness (QED) is 0.845. The van der Waals surface area contributed by atoms with Crippen molar-refractivity contribution in [3.8, 4) is 11.5 Å². The molecule has 3 rings (SSSR count). The van der Waals surface area contributed by atoms with Crippen molar-refractivity contribution < 1.29 is 14.3 Å². The van der Waals surface area contributed by atoms with Crippen LogP contribution in [0.1, 0.15) is 38.1 Å². The van der Waals surface area contributed by atoms with Gasteiger partial charge in [-0.25, -0.2) is 0 Å². The number of amides is 1. The molecule has 1 heterocycles. The molecular formula is C20H23NO3. The SMILES string of the molecule is CC(C)Oc1ccc(C(=O)N2CC(C)(C)Oc3ccccc32)cc1. The van der Waals surface area contributed by atoms with Crippen molar-refractivity contribution in [2.45, 2.75) is 39.4 Å². The number of benzene rings is 2. The van der Waals surface area contributed by atoms with Gasteiger partial charge in [0.05, 0.1) is 18.3 Å². The number of fused-ring (bicyclic) bond motifs is 1. The van der Waals surface area contributed by atoms with Crippen LogP contribution in [0, 0.1) is 0 Å². The first-order chi connectivity index (χ1) is 11.4. The average molecular weight is 325 g/mol. The van der Waals surface area contributed by atoms with Crippen LogP contribution in [0.4, 0.5) is 5.69 Å². The van der Waals surface area contributed by atoms with Gasteiger partial charge in [0.25, 0.3) is 5.91 Å². The third kappa shape index (κ3) is 3.37. The molecule has 0 N–H and O–H groups in total. The molecule has 0 bridgehead atoms. The maximum Gasteiger partial charge on any atom is 0.258 e. The lowest BCUT2D eigenvalue weighted by atomic mass is 10.0. The van der Waals surface area contributed by atoms with Crippen LogP contribution in [0.5, 0.6) is 11.5 Å². The fourth-order valence-corrected chi connectivity index (χ4v) is 2.85. The average Bonchev–Trinajstić information content (AvgIpc) is 2.52. The molecule has 126 valence electrons. The highest BCUT2D eigenvalue weighted by Crippen LogP contribution is 2.37. The summed E-state index contributed by atoms with van der Waals surface area (Å²) in [5.74, 6) is 1.47. The molecule has 0 saturated heterocycles.